The first kappa shape index (κ1) is 13.7. The monoisotopic (exact) mass is 246 g/mol. The van der Waals surface area contributed by atoms with Crippen LogP contribution in [0.2, 0.25) is 0 Å². The van der Waals surface area contributed by atoms with Crippen LogP contribution in [0, 0.1) is 13.8 Å². The molecule has 0 saturated heterocycles. The molecule has 0 fully saturated rings. The molecular weight excluding hydrogens is 233 g/mol. The SMILES string of the molecule is Cc1ccc(C(=O)CC(O)C(F)(F)F)c(C)c1. The molecule has 0 radical (unpaired) electrons. The predicted octanol–water partition coefficient (Wildman–Crippen LogP) is 2.80. The maximum absolute atomic E-state index is 12.1. The Hall–Kier alpha value is -1.36. The van der Waals surface area contributed by atoms with E-state index in [-0.39, 0.29) is 5.56 Å². The molecule has 1 atom stereocenters. The molecule has 5 heteroatoms. The number of halogens is 3. The van der Waals surface area contributed by atoms with E-state index in [1.807, 2.05) is 6.92 Å². The van der Waals surface area contributed by atoms with Crippen LogP contribution in [0.1, 0.15) is 27.9 Å². The van der Waals surface area contributed by atoms with Crippen molar-refractivity contribution in [1.82, 2.24) is 0 Å². The smallest absolute Gasteiger partial charge is 0.383 e. The first-order valence-corrected chi connectivity index (χ1v) is 5.07. The highest BCUT2D eigenvalue weighted by atomic mass is 19.4. The van der Waals surface area contributed by atoms with Crippen LogP contribution in [0.5, 0.6) is 0 Å². The van der Waals surface area contributed by atoms with Crippen molar-refractivity contribution in [3.05, 3.63) is 34.9 Å². The number of aliphatic hydroxyl groups excluding tert-OH is 1. The number of carbonyl (C=O) groups is 1. The molecule has 0 aliphatic carbocycles. The third-order valence-electron chi connectivity index (χ3n) is 2.44. The van der Waals surface area contributed by atoms with Gasteiger partial charge in [0.1, 0.15) is 0 Å². The Kier molecular flexibility index (Phi) is 3.93. The second-order valence-corrected chi connectivity index (χ2v) is 4.00. The van der Waals surface area contributed by atoms with Crippen LogP contribution >= 0.6 is 0 Å². The van der Waals surface area contributed by atoms with Gasteiger partial charge in [0.15, 0.2) is 11.9 Å². The minimum Gasteiger partial charge on any atom is -0.383 e. The van der Waals surface area contributed by atoms with Crippen LogP contribution in [0.15, 0.2) is 18.2 Å². The summed E-state index contributed by atoms with van der Waals surface area (Å²) in [7, 11) is 0. The quantitative estimate of drug-likeness (QED) is 0.833. The summed E-state index contributed by atoms with van der Waals surface area (Å²) in [5, 5.41) is 8.82. The molecule has 1 aromatic carbocycles. The summed E-state index contributed by atoms with van der Waals surface area (Å²) in [5.41, 5.74) is 1.76. The molecule has 1 rings (SSSR count). The molecule has 0 aromatic heterocycles. The second kappa shape index (κ2) is 4.87. The molecule has 2 nitrogen and oxygen atoms in total. The summed E-state index contributed by atoms with van der Waals surface area (Å²) in [4.78, 5) is 11.6. The van der Waals surface area contributed by atoms with E-state index < -0.39 is 24.5 Å². The molecule has 0 bridgehead atoms. The van der Waals surface area contributed by atoms with E-state index in [1.54, 1.807) is 19.1 Å². The van der Waals surface area contributed by atoms with Gasteiger partial charge in [0, 0.05) is 12.0 Å². The number of ketones is 1. The number of Topliss-reactive ketones (excluding diaryl/α,β-unsaturated/α-hetero) is 1. The van der Waals surface area contributed by atoms with E-state index in [4.69, 9.17) is 5.11 Å². The summed E-state index contributed by atoms with van der Waals surface area (Å²) >= 11 is 0. The van der Waals surface area contributed by atoms with Crippen LogP contribution in [0.25, 0.3) is 0 Å². The van der Waals surface area contributed by atoms with Crippen molar-refractivity contribution in [2.24, 2.45) is 0 Å². The van der Waals surface area contributed by atoms with Gasteiger partial charge in [0.05, 0.1) is 0 Å². The lowest BCUT2D eigenvalue weighted by Crippen LogP contribution is -2.31. The molecule has 0 saturated carbocycles. The van der Waals surface area contributed by atoms with Gasteiger partial charge in [-0.25, -0.2) is 0 Å². The summed E-state index contributed by atoms with van der Waals surface area (Å²) in [6.07, 6.45) is -8.29. The van der Waals surface area contributed by atoms with Gasteiger partial charge in [-0.15, -0.1) is 0 Å². The highest BCUT2D eigenvalue weighted by Crippen LogP contribution is 2.24. The Morgan fingerprint density at radius 2 is 1.94 bits per heavy atom. The van der Waals surface area contributed by atoms with E-state index >= 15 is 0 Å². The molecule has 94 valence electrons. The number of rotatable bonds is 3. The molecule has 17 heavy (non-hydrogen) atoms. The normalized spacial score (nSPS) is 13.5. The fraction of sp³-hybridized carbons (Fsp3) is 0.417. The zero-order chi connectivity index (χ0) is 13.2. The molecule has 0 aliphatic rings. The van der Waals surface area contributed by atoms with Crippen LogP contribution in [0.3, 0.4) is 0 Å². The maximum atomic E-state index is 12.1. The maximum Gasteiger partial charge on any atom is 0.414 e. The number of aryl methyl sites for hydroxylation is 2. The van der Waals surface area contributed by atoms with Crippen LogP contribution in [-0.2, 0) is 0 Å². The Balaban J connectivity index is 2.84. The number of aliphatic hydroxyl groups is 1. The lowest BCUT2D eigenvalue weighted by Gasteiger charge is -2.14. The Bertz CT molecular complexity index is 424. The average molecular weight is 246 g/mol. The van der Waals surface area contributed by atoms with Crippen molar-refractivity contribution in [2.45, 2.75) is 32.5 Å². The fourth-order valence-corrected chi connectivity index (χ4v) is 1.53. The van der Waals surface area contributed by atoms with E-state index in [0.29, 0.717) is 5.56 Å². The van der Waals surface area contributed by atoms with Crippen molar-refractivity contribution in [3.8, 4) is 0 Å². The number of carbonyl (C=O) groups excluding carboxylic acids is 1. The molecule has 1 unspecified atom stereocenters. The minimum atomic E-state index is -4.76. The van der Waals surface area contributed by atoms with Crippen molar-refractivity contribution in [2.75, 3.05) is 0 Å². The molecule has 0 aliphatic heterocycles. The van der Waals surface area contributed by atoms with Gasteiger partial charge in [-0.05, 0) is 19.4 Å². The fourth-order valence-electron chi connectivity index (χ4n) is 1.53. The topological polar surface area (TPSA) is 37.3 Å². The van der Waals surface area contributed by atoms with Gasteiger partial charge < -0.3 is 5.11 Å². The summed E-state index contributed by atoms with van der Waals surface area (Å²) in [5.74, 6) is -0.702. The van der Waals surface area contributed by atoms with E-state index in [2.05, 4.69) is 0 Å². The standard InChI is InChI=1S/C12H13F3O2/c1-7-3-4-9(8(2)5-7)10(16)6-11(17)12(13,14)15/h3-5,11,17H,6H2,1-2H3. The Morgan fingerprint density at radius 1 is 1.35 bits per heavy atom. The average Bonchev–Trinajstić information content (AvgIpc) is 2.15. The molecule has 0 amide bonds. The first-order valence-electron chi connectivity index (χ1n) is 5.07. The van der Waals surface area contributed by atoms with E-state index in [1.165, 1.54) is 6.07 Å². The van der Waals surface area contributed by atoms with Crippen LogP contribution < -0.4 is 0 Å². The molecule has 0 heterocycles. The Labute approximate surface area is 97.1 Å². The van der Waals surface area contributed by atoms with Crippen LogP contribution in [-0.4, -0.2) is 23.2 Å². The van der Waals surface area contributed by atoms with E-state index in [0.717, 1.165) is 5.56 Å². The van der Waals surface area contributed by atoms with Gasteiger partial charge >= 0.3 is 6.18 Å². The van der Waals surface area contributed by atoms with Gasteiger partial charge in [-0.3, -0.25) is 4.79 Å². The van der Waals surface area contributed by atoms with Gasteiger partial charge in [-0.2, -0.15) is 13.2 Å². The molecule has 0 spiro atoms. The first-order chi connectivity index (χ1) is 7.71. The van der Waals surface area contributed by atoms with Crippen molar-refractivity contribution >= 4 is 5.78 Å². The van der Waals surface area contributed by atoms with Crippen LogP contribution in [0.4, 0.5) is 13.2 Å². The van der Waals surface area contributed by atoms with Crippen molar-refractivity contribution < 1.29 is 23.1 Å². The van der Waals surface area contributed by atoms with Crippen molar-refractivity contribution in [1.29, 1.82) is 0 Å². The summed E-state index contributed by atoms with van der Waals surface area (Å²) in [6.45, 7) is 3.48. The molecular formula is C12H13F3O2. The van der Waals surface area contributed by atoms with Gasteiger partial charge in [0.2, 0.25) is 0 Å². The number of alkyl halides is 3. The highest BCUT2D eigenvalue weighted by Gasteiger charge is 2.39. The third kappa shape index (κ3) is 3.56. The number of benzene rings is 1. The van der Waals surface area contributed by atoms with E-state index in [9.17, 15) is 18.0 Å². The largest absolute Gasteiger partial charge is 0.414 e. The zero-order valence-electron chi connectivity index (χ0n) is 9.51. The lowest BCUT2D eigenvalue weighted by atomic mass is 9.99. The van der Waals surface area contributed by atoms with Crippen molar-refractivity contribution in [3.63, 3.8) is 0 Å². The van der Waals surface area contributed by atoms with Gasteiger partial charge in [0.25, 0.3) is 0 Å². The Morgan fingerprint density at radius 3 is 2.41 bits per heavy atom. The predicted molar refractivity (Wildman–Crippen MR) is 56.9 cm³/mol. The number of hydrogen-bond acceptors (Lipinski definition) is 2. The van der Waals surface area contributed by atoms with Gasteiger partial charge in [-0.1, -0.05) is 23.8 Å². The zero-order valence-corrected chi connectivity index (χ0v) is 9.51. The lowest BCUT2D eigenvalue weighted by molar-refractivity contribution is -0.202. The minimum absolute atomic E-state index is 0.221. The number of hydrogen-bond donors (Lipinski definition) is 1. The summed E-state index contributed by atoms with van der Waals surface area (Å²) in [6, 6.07) is 4.85. The summed E-state index contributed by atoms with van der Waals surface area (Å²) < 4.78 is 36.3. The molecule has 1 aromatic rings. The molecule has 1 N–H and O–H groups in total. The second-order valence-electron chi connectivity index (χ2n) is 4.00. The highest BCUT2D eigenvalue weighted by molar-refractivity contribution is 5.97. The third-order valence-corrected chi connectivity index (χ3v) is 2.44.